The third-order valence-corrected chi connectivity index (χ3v) is 6.05. The van der Waals surface area contributed by atoms with E-state index in [-0.39, 0.29) is 11.8 Å². The van der Waals surface area contributed by atoms with Crippen LogP contribution in [0.4, 0.5) is 0 Å². The lowest BCUT2D eigenvalue weighted by Crippen LogP contribution is -2.51. The minimum Gasteiger partial charge on any atom is -0.348 e. The van der Waals surface area contributed by atoms with E-state index in [9.17, 15) is 9.59 Å². The van der Waals surface area contributed by atoms with Gasteiger partial charge in [-0.25, -0.2) is 0 Å². The standard InChI is InChI=1S/C25H33N3O2/c1-19(2)17-23(29)28-15-11-25(12-16-28,24(30)27(3)4)18-21-7-5-6-8-22(21)20-9-13-26-14-10-20/h5-10,13-14,19H,11-12,15-18H2,1-4H3. The molecule has 30 heavy (non-hydrogen) atoms. The average Bonchev–Trinajstić information content (AvgIpc) is 2.74. The Bertz CT molecular complexity index is 869. The van der Waals surface area contributed by atoms with Gasteiger partial charge < -0.3 is 9.80 Å². The number of pyridine rings is 1. The highest BCUT2D eigenvalue weighted by Crippen LogP contribution is 2.39. The molecule has 2 aromatic rings. The van der Waals surface area contributed by atoms with E-state index >= 15 is 0 Å². The lowest BCUT2D eigenvalue weighted by Gasteiger charge is -2.42. The molecule has 1 aliphatic rings. The van der Waals surface area contributed by atoms with Crippen molar-refractivity contribution in [1.82, 2.24) is 14.8 Å². The maximum Gasteiger partial charge on any atom is 0.228 e. The Kier molecular flexibility index (Phi) is 6.91. The number of nitrogens with zero attached hydrogens (tertiary/aromatic N) is 3. The van der Waals surface area contributed by atoms with Gasteiger partial charge in [0.2, 0.25) is 11.8 Å². The predicted molar refractivity (Wildman–Crippen MR) is 120 cm³/mol. The number of hydrogen-bond donors (Lipinski definition) is 0. The number of benzene rings is 1. The van der Waals surface area contributed by atoms with Crippen molar-refractivity contribution in [3.05, 3.63) is 54.4 Å². The summed E-state index contributed by atoms with van der Waals surface area (Å²) in [5, 5.41) is 0. The largest absolute Gasteiger partial charge is 0.348 e. The Morgan fingerprint density at radius 3 is 2.30 bits per heavy atom. The maximum absolute atomic E-state index is 13.3. The van der Waals surface area contributed by atoms with Gasteiger partial charge in [0.25, 0.3) is 0 Å². The van der Waals surface area contributed by atoms with Crippen LogP contribution in [-0.2, 0) is 16.0 Å². The summed E-state index contributed by atoms with van der Waals surface area (Å²) in [7, 11) is 3.66. The summed E-state index contributed by atoms with van der Waals surface area (Å²) in [5.41, 5.74) is 2.93. The van der Waals surface area contributed by atoms with E-state index in [2.05, 4.69) is 31.0 Å². The second-order valence-corrected chi connectivity index (χ2v) is 9.03. The fraction of sp³-hybridized carbons (Fsp3) is 0.480. The Labute approximate surface area is 180 Å². The molecule has 2 amide bonds. The second-order valence-electron chi connectivity index (χ2n) is 9.03. The monoisotopic (exact) mass is 407 g/mol. The van der Waals surface area contributed by atoms with Gasteiger partial charge >= 0.3 is 0 Å². The highest BCUT2D eigenvalue weighted by molar-refractivity contribution is 5.84. The van der Waals surface area contributed by atoms with Crippen LogP contribution in [0.25, 0.3) is 11.1 Å². The van der Waals surface area contributed by atoms with Crippen LogP contribution in [0, 0.1) is 11.3 Å². The molecule has 1 fully saturated rings. The number of hydrogen-bond acceptors (Lipinski definition) is 3. The minimum atomic E-state index is -0.485. The van der Waals surface area contributed by atoms with Gasteiger partial charge in [-0.3, -0.25) is 14.6 Å². The minimum absolute atomic E-state index is 0.156. The average molecular weight is 408 g/mol. The van der Waals surface area contributed by atoms with Crippen LogP contribution in [0.2, 0.25) is 0 Å². The molecule has 2 heterocycles. The van der Waals surface area contributed by atoms with Crippen LogP contribution in [0.1, 0.15) is 38.7 Å². The van der Waals surface area contributed by atoms with Gasteiger partial charge in [0.1, 0.15) is 0 Å². The summed E-state index contributed by atoms with van der Waals surface area (Å²) >= 11 is 0. The SMILES string of the molecule is CC(C)CC(=O)N1CCC(Cc2ccccc2-c2ccncc2)(C(=O)N(C)C)CC1. The molecule has 5 nitrogen and oxygen atoms in total. The van der Waals surface area contributed by atoms with Crippen LogP contribution in [0.3, 0.4) is 0 Å². The fourth-order valence-electron chi connectivity index (χ4n) is 4.46. The van der Waals surface area contributed by atoms with Gasteiger partial charge in [-0.1, -0.05) is 38.1 Å². The number of carbonyl (C=O) groups is 2. The normalized spacial score (nSPS) is 15.8. The molecule has 0 spiro atoms. The zero-order chi connectivity index (χ0) is 21.7. The first-order valence-corrected chi connectivity index (χ1v) is 10.8. The van der Waals surface area contributed by atoms with E-state index in [0.29, 0.717) is 44.7 Å². The van der Waals surface area contributed by atoms with E-state index in [1.54, 1.807) is 17.3 Å². The Balaban J connectivity index is 1.87. The molecule has 0 bridgehead atoms. The summed E-state index contributed by atoms with van der Waals surface area (Å²) in [6.07, 6.45) is 6.22. The molecule has 1 aromatic carbocycles. The summed E-state index contributed by atoms with van der Waals surface area (Å²) in [5.74, 6) is 0.705. The molecule has 0 N–H and O–H groups in total. The highest BCUT2D eigenvalue weighted by atomic mass is 16.2. The summed E-state index contributed by atoms with van der Waals surface area (Å²) in [4.78, 5) is 33.7. The van der Waals surface area contributed by atoms with Gasteiger partial charge in [0.05, 0.1) is 5.41 Å². The molecule has 0 unspecified atom stereocenters. The molecule has 0 saturated carbocycles. The summed E-state index contributed by atoms with van der Waals surface area (Å²) in [6.45, 7) is 5.42. The van der Waals surface area contributed by atoms with Crippen molar-refractivity contribution in [3.63, 3.8) is 0 Å². The first-order chi connectivity index (χ1) is 14.3. The van der Waals surface area contributed by atoms with Gasteiger partial charge in [-0.05, 0) is 54.0 Å². The molecule has 1 aromatic heterocycles. The van der Waals surface area contributed by atoms with E-state index in [1.165, 1.54) is 5.56 Å². The third kappa shape index (κ3) is 4.89. The van der Waals surface area contributed by atoms with Crippen molar-refractivity contribution < 1.29 is 9.59 Å². The summed E-state index contributed by atoms with van der Waals surface area (Å²) < 4.78 is 0. The lowest BCUT2D eigenvalue weighted by atomic mass is 9.71. The van der Waals surface area contributed by atoms with Crippen molar-refractivity contribution in [1.29, 1.82) is 0 Å². The Morgan fingerprint density at radius 2 is 1.70 bits per heavy atom. The molecule has 1 saturated heterocycles. The Hall–Kier alpha value is -2.69. The van der Waals surface area contributed by atoms with Gasteiger partial charge in [-0.15, -0.1) is 0 Å². The van der Waals surface area contributed by atoms with Gasteiger partial charge in [-0.2, -0.15) is 0 Å². The fourth-order valence-corrected chi connectivity index (χ4v) is 4.46. The van der Waals surface area contributed by atoms with Crippen molar-refractivity contribution in [3.8, 4) is 11.1 Å². The molecule has 3 rings (SSSR count). The van der Waals surface area contributed by atoms with E-state index in [1.807, 2.05) is 43.3 Å². The number of piperidine rings is 1. The maximum atomic E-state index is 13.3. The quantitative estimate of drug-likeness (QED) is 0.726. The predicted octanol–water partition coefficient (Wildman–Crippen LogP) is 4.03. The van der Waals surface area contributed by atoms with Crippen molar-refractivity contribution in [2.75, 3.05) is 27.2 Å². The molecule has 5 heteroatoms. The first-order valence-electron chi connectivity index (χ1n) is 10.8. The molecular formula is C25H33N3O2. The molecule has 0 radical (unpaired) electrons. The first kappa shape index (κ1) is 22.0. The zero-order valence-corrected chi connectivity index (χ0v) is 18.6. The Morgan fingerprint density at radius 1 is 1.07 bits per heavy atom. The number of amides is 2. The number of aromatic nitrogens is 1. The van der Waals surface area contributed by atoms with Crippen LogP contribution >= 0.6 is 0 Å². The second kappa shape index (κ2) is 9.41. The number of carbonyl (C=O) groups excluding carboxylic acids is 2. The van der Waals surface area contributed by atoms with E-state index in [4.69, 9.17) is 0 Å². The molecule has 0 atom stereocenters. The van der Waals surface area contributed by atoms with Crippen molar-refractivity contribution in [2.24, 2.45) is 11.3 Å². The van der Waals surface area contributed by atoms with Crippen molar-refractivity contribution >= 4 is 11.8 Å². The lowest BCUT2D eigenvalue weighted by molar-refractivity contribution is -0.146. The molecule has 0 aliphatic carbocycles. The van der Waals surface area contributed by atoms with Crippen LogP contribution in [0.5, 0.6) is 0 Å². The molecular weight excluding hydrogens is 374 g/mol. The smallest absolute Gasteiger partial charge is 0.228 e. The topological polar surface area (TPSA) is 53.5 Å². The summed E-state index contributed by atoms with van der Waals surface area (Å²) in [6, 6.07) is 12.3. The zero-order valence-electron chi connectivity index (χ0n) is 18.6. The molecule has 1 aliphatic heterocycles. The van der Waals surface area contributed by atoms with Gasteiger partial charge in [0, 0.05) is 46.0 Å². The van der Waals surface area contributed by atoms with E-state index in [0.717, 1.165) is 11.1 Å². The third-order valence-electron chi connectivity index (χ3n) is 6.05. The van der Waals surface area contributed by atoms with Crippen LogP contribution in [0.15, 0.2) is 48.8 Å². The molecule has 160 valence electrons. The number of rotatable bonds is 6. The van der Waals surface area contributed by atoms with Crippen LogP contribution < -0.4 is 0 Å². The van der Waals surface area contributed by atoms with Crippen molar-refractivity contribution in [2.45, 2.75) is 39.5 Å². The van der Waals surface area contributed by atoms with Crippen LogP contribution in [-0.4, -0.2) is 53.8 Å². The highest BCUT2D eigenvalue weighted by Gasteiger charge is 2.43. The number of likely N-dealkylation sites (tertiary alicyclic amines) is 1. The van der Waals surface area contributed by atoms with E-state index < -0.39 is 5.41 Å². The van der Waals surface area contributed by atoms with Gasteiger partial charge in [0.15, 0.2) is 0 Å².